The Bertz CT molecular complexity index is 1090. The summed E-state index contributed by atoms with van der Waals surface area (Å²) in [5.74, 6) is -0.438. The van der Waals surface area contributed by atoms with Crippen LogP contribution in [-0.2, 0) is 4.79 Å². The van der Waals surface area contributed by atoms with Gasteiger partial charge in [0.2, 0.25) is 5.78 Å². The number of halogens is 2. The minimum atomic E-state index is -0.355. The summed E-state index contributed by atoms with van der Waals surface area (Å²) in [6.45, 7) is 0. The van der Waals surface area contributed by atoms with Gasteiger partial charge in [0.1, 0.15) is 5.82 Å². The average molecular weight is 452 g/mol. The summed E-state index contributed by atoms with van der Waals surface area (Å²) < 4.78 is 14.1. The number of para-hydroxylation sites is 1. The molecule has 0 atom stereocenters. The number of nitrogens with one attached hydrogen (secondary N) is 1. The monoisotopic (exact) mass is 451 g/mol. The number of benzene rings is 3. The second-order valence-corrected chi connectivity index (χ2v) is 8.08. The first-order valence-corrected chi connectivity index (χ1v) is 10.2. The number of allylic oxidation sites excluding steroid dienone is 2. The topological polar surface area (TPSA) is 29.1 Å². The molecule has 2 nitrogen and oxygen atoms in total. The fraction of sp³-hybridized carbons (Fsp3) is 0. The predicted molar refractivity (Wildman–Crippen MR) is 118 cm³/mol. The predicted octanol–water partition coefficient (Wildman–Crippen LogP) is 6.73. The number of thioether (sulfide) groups is 1. The number of carbonyl (C=O) groups is 1. The highest BCUT2D eigenvalue weighted by atomic mass is 79.9. The molecule has 4 rings (SSSR count). The van der Waals surface area contributed by atoms with Gasteiger partial charge in [0.15, 0.2) is 0 Å². The van der Waals surface area contributed by atoms with Crippen molar-refractivity contribution in [1.82, 2.24) is 0 Å². The van der Waals surface area contributed by atoms with E-state index in [0.29, 0.717) is 20.5 Å². The van der Waals surface area contributed by atoms with Crippen molar-refractivity contribution in [2.45, 2.75) is 0 Å². The van der Waals surface area contributed by atoms with Crippen molar-refractivity contribution in [2.24, 2.45) is 0 Å². The second-order valence-electron chi connectivity index (χ2n) is 6.17. The first-order valence-electron chi connectivity index (χ1n) is 8.63. The second kappa shape index (κ2) is 8.17. The molecule has 0 saturated carbocycles. The molecule has 0 saturated heterocycles. The van der Waals surface area contributed by atoms with Crippen LogP contribution in [0.4, 0.5) is 10.1 Å². The number of carbonyl (C=O) groups excluding carboxylic acids is 1. The zero-order chi connectivity index (χ0) is 19.5. The third kappa shape index (κ3) is 3.96. The van der Waals surface area contributed by atoms with E-state index in [4.69, 9.17) is 0 Å². The summed E-state index contributed by atoms with van der Waals surface area (Å²) in [5.41, 5.74) is 3.03. The molecule has 0 fully saturated rings. The normalized spacial score (nSPS) is 15.4. The highest BCUT2D eigenvalue weighted by Crippen LogP contribution is 2.45. The van der Waals surface area contributed by atoms with E-state index in [-0.39, 0.29) is 11.6 Å². The van der Waals surface area contributed by atoms with E-state index in [1.54, 1.807) is 6.07 Å². The Kier molecular flexibility index (Phi) is 5.46. The highest BCUT2D eigenvalue weighted by molar-refractivity contribution is 9.10. The van der Waals surface area contributed by atoms with E-state index < -0.39 is 0 Å². The van der Waals surface area contributed by atoms with Crippen molar-refractivity contribution >= 4 is 50.8 Å². The molecule has 1 N–H and O–H groups in total. The van der Waals surface area contributed by atoms with Gasteiger partial charge in [-0.05, 0) is 35.9 Å². The van der Waals surface area contributed by atoms with Crippen LogP contribution in [0.1, 0.15) is 11.1 Å². The number of hydrogen-bond acceptors (Lipinski definition) is 3. The molecule has 28 heavy (non-hydrogen) atoms. The highest BCUT2D eigenvalue weighted by Gasteiger charge is 2.31. The van der Waals surface area contributed by atoms with Crippen LogP contribution in [0, 0.1) is 5.82 Å². The Morgan fingerprint density at radius 3 is 2.29 bits per heavy atom. The van der Waals surface area contributed by atoms with Crippen LogP contribution in [0.25, 0.3) is 11.6 Å². The lowest BCUT2D eigenvalue weighted by Gasteiger charge is -2.10. The molecule has 1 heterocycles. The molecule has 3 aromatic carbocycles. The molecule has 1 aliphatic heterocycles. The Hall–Kier alpha value is -2.63. The van der Waals surface area contributed by atoms with Crippen LogP contribution in [0.2, 0.25) is 0 Å². The van der Waals surface area contributed by atoms with E-state index in [0.717, 1.165) is 16.3 Å². The van der Waals surface area contributed by atoms with Gasteiger partial charge in [-0.1, -0.05) is 82.3 Å². The van der Waals surface area contributed by atoms with E-state index in [9.17, 15) is 9.18 Å². The summed E-state index contributed by atoms with van der Waals surface area (Å²) in [6.07, 6.45) is 1.88. The molecular weight excluding hydrogens is 437 g/mol. The Labute approximate surface area is 175 Å². The maximum absolute atomic E-state index is 13.6. The van der Waals surface area contributed by atoms with Gasteiger partial charge in [0, 0.05) is 15.7 Å². The van der Waals surface area contributed by atoms with Gasteiger partial charge in [0.25, 0.3) is 0 Å². The van der Waals surface area contributed by atoms with Gasteiger partial charge in [-0.3, -0.25) is 4.79 Å². The number of anilines is 1. The molecule has 0 unspecified atom stereocenters. The van der Waals surface area contributed by atoms with Crippen molar-refractivity contribution < 1.29 is 9.18 Å². The molecule has 0 spiro atoms. The van der Waals surface area contributed by atoms with Gasteiger partial charge >= 0.3 is 0 Å². The van der Waals surface area contributed by atoms with Crippen LogP contribution in [-0.4, -0.2) is 5.78 Å². The van der Waals surface area contributed by atoms with E-state index in [1.807, 2.05) is 66.7 Å². The van der Waals surface area contributed by atoms with Crippen LogP contribution >= 0.6 is 27.7 Å². The Balaban J connectivity index is 1.79. The SMILES string of the molecule is O=C1C(c2ccc(F)cc2Br)=C(Nc2ccccc2)S/C1=C\c1ccccc1. The summed E-state index contributed by atoms with van der Waals surface area (Å²) in [6, 6.07) is 23.8. The van der Waals surface area contributed by atoms with Gasteiger partial charge < -0.3 is 5.32 Å². The molecule has 1 aliphatic rings. The molecular formula is C23H15BrFNOS. The zero-order valence-corrected chi connectivity index (χ0v) is 17.1. The molecule has 3 aromatic rings. The van der Waals surface area contributed by atoms with Gasteiger partial charge in [-0.25, -0.2) is 4.39 Å². The van der Waals surface area contributed by atoms with Crippen molar-refractivity contribution in [2.75, 3.05) is 5.32 Å². The third-order valence-corrected chi connectivity index (χ3v) is 5.91. The summed E-state index contributed by atoms with van der Waals surface area (Å²) in [5, 5.41) is 4.07. The molecule has 0 aromatic heterocycles. The number of ketones is 1. The minimum absolute atomic E-state index is 0.0837. The Morgan fingerprint density at radius 2 is 1.61 bits per heavy atom. The van der Waals surface area contributed by atoms with Crippen LogP contribution in [0.15, 0.2) is 93.3 Å². The summed E-state index contributed by atoms with van der Waals surface area (Å²) >= 11 is 4.79. The lowest BCUT2D eigenvalue weighted by molar-refractivity contribution is -0.109. The van der Waals surface area contributed by atoms with Crippen LogP contribution in [0.3, 0.4) is 0 Å². The van der Waals surface area contributed by atoms with E-state index in [2.05, 4.69) is 21.2 Å². The van der Waals surface area contributed by atoms with E-state index >= 15 is 0 Å². The smallest absolute Gasteiger partial charge is 0.203 e. The first-order chi connectivity index (χ1) is 13.6. The molecule has 5 heteroatoms. The summed E-state index contributed by atoms with van der Waals surface area (Å²) in [7, 11) is 0. The van der Waals surface area contributed by atoms with Crippen LogP contribution < -0.4 is 5.32 Å². The minimum Gasteiger partial charge on any atom is -0.349 e. The number of Topliss-reactive ketones (excluding diaryl/α,β-unsaturated/α-hetero) is 1. The first kappa shape index (κ1) is 18.7. The van der Waals surface area contributed by atoms with Crippen molar-refractivity contribution in [1.29, 1.82) is 0 Å². The molecule has 0 amide bonds. The van der Waals surface area contributed by atoms with Gasteiger partial charge in [-0.2, -0.15) is 0 Å². The van der Waals surface area contributed by atoms with Gasteiger partial charge in [-0.15, -0.1) is 0 Å². The van der Waals surface area contributed by atoms with Crippen molar-refractivity contribution in [3.63, 3.8) is 0 Å². The molecule has 138 valence electrons. The average Bonchev–Trinajstić information content (AvgIpc) is 2.99. The molecule has 0 aliphatic carbocycles. The fourth-order valence-electron chi connectivity index (χ4n) is 2.91. The molecule has 0 bridgehead atoms. The number of hydrogen-bond donors (Lipinski definition) is 1. The van der Waals surface area contributed by atoms with Gasteiger partial charge in [0.05, 0.1) is 15.5 Å². The number of rotatable bonds is 4. The quantitative estimate of drug-likeness (QED) is 0.446. The fourth-order valence-corrected chi connectivity index (χ4v) is 4.54. The van der Waals surface area contributed by atoms with Crippen LogP contribution in [0.5, 0.6) is 0 Å². The lowest BCUT2D eigenvalue weighted by Crippen LogP contribution is -2.03. The molecule has 0 radical (unpaired) electrons. The van der Waals surface area contributed by atoms with Crippen molar-refractivity contribution in [3.05, 3.63) is 110 Å². The van der Waals surface area contributed by atoms with E-state index in [1.165, 1.54) is 23.9 Å². The maximum Gasteiger partial charge on any atom is 0.203 e. The standard InChI is InChI=1S/C23H15BrFNOS/c24-19-14-16(25)11-12-18(19)21-22(27)20(13-15-7-3-1-4-8-15)28-23(21)26-17-9-5-2-6-10-17/h1-14,26H/b20-13-. The Morgan fingerprint density at radius 1 is 0.929 bits per heavy atom. The van der Waals surface area contributed by atoms with Crippen molar-refractivity contribution in [3.8, 4) is 0 Å². The third-order valence-electron chi connectivity index (χ3n) is 4.22. The lowest BCUT2D eigenvalue weighted by atomic mass is 10.0. The maximum atomic E-state index is 13.6. The summed E-state index contributed by atoms with van der Waals surface area (Å²) in [4.78, 5) is 13.9. The largest absolute Gasteiger partial charge is 0.349 e. The zero-order valence-electron chi connectivity index (χ0n) is 14.7.